The van der Waals surface area contributed by atoms with Crippen LogP contribution >= 0.6 is 11.6 Å². The molecule has 1 aliphatic rings. The Kier molecular flexibility index (Phi) is 3.16. The Balaban J connectivity index is 2.01. The predicted molar refractivity (Wildman–Crippen MR) is 63.5 cm³/mol. The van der Waals surface area contributed by atoms with Crippen molar-refractivity contribution in [2.45, 2.75) is 25.4 Å². The van der Waals surface area contributed by atoms with Gasteiger partial charge in [-0.1, -0.05) is 11.6 Å². The lowest BCUT2D eigenvalue weighted by molar-refractivity contribution is 0.0315. The Morgan fingerprint density at radius 2 is 2.50 bits per heavy atom. The zero-order chi connectivity index (χ0) is 11.6. The Hall–Kier alpha value is -1.07. The molecule has 1 fully saturated rings. The van der Waals surface area contributed by atoms with Crippen molar-refractivity contribution >= 4 is 23.4 Å². The maximum Gasteiger partial charge on any atom is 0.222 e. The Morgan fingerprint density at radius 1 is 1.69 bits per heavy atom. The number of nitrogen functional groups attached to an aromatic ring is 1. The van der Waals surface area contributed by atoms with Crippen LogP contribution < -0.4 is 11.1 Å². The number of hydrogen-bond acceptors (Lipinski definition) is 5. The number of anilines is 2. The molecule has 16 heavy (non-hydrogen) atoms. The Morgan fingerprint density at radius 3 is 3.19 bits per heavy atom. The second kappa shape index (κ2) is 4.43. The number of rotatable bonds is 3. The van der Waals surface area contributed by atoms with Gasteiger partial charge in [-0.3, -0.25) is 0 Å². The number of aromatic nitrogens is 2. The fourth-order valence-electron chi connectivity index (χ4n) is 1.75. The van der Waals surface area contributed by atoms with E-state index in [1.165, 1.54) is 6.20 Å². The standard InChI is InChI=1S/C10H15ClN4O/c1-10(3-2-4-16-10)6-14-8-7(11)5-13-9(12)15-8/h5H,2-4,6H2,1H3,(H3,12,13,14,15). The van der Waals surface area contributed by atoms with Crippen molar-refractivity contribution < 1.29 is 4.74 Å². The number of nitrogens with one attached hydrogen (secondary N) is 1. The lowest BCUT2D eigenvalue weighted by Gasteiger charge is -2.23. The van der Waals surface area contributed by atoms with E-state index in [1.54, 1.807) is 0 Å². The van der Waals surface area contributed by atoms with Crippen LogP contribution in [0.15, 0.2) is 6.20 Å². The van der Waals surface area contributed by atoms with Crippen LogP contribution in [0, 0.1) is 0 Å². The zero-order valence-corrected chi connectivity index (χ0v) is 9.92. The fraction of sp³-hybridized carbons (Fsp3) is 0.600. The molecule has 0 aromatic carbocycles. The first-order chi connectivity index (χ1) is 7.59. The van der Waals surface area contributed by atoms with Gasteiger partial charge in [-0.05, 0) is 19.8 Å². The van der Waals surface area contributed by atoms with Crippen LogP contribution in [0.5, 0.6) is 0 Å². The number of hydrogen-bond donors (Lipinski definition) is 2. The van der Waals surface area contributed by atoms with Crippen LogP contribution in [0.1, 0.15) is 19.8 Å². The van der Waals surface area contributed by atoms with Crippen LogP contribution in [-0.2, 0) is 4.74 Å². The van der Waals surface area contributed by atoms with Gasteiger partial charge in [0.1, 0.15) is 5.02 Å². The first-order valence-corrected chi connectivity index (χ1v) is 5.63. The summed E-state index contributed by atoms with van der Waals surface area (Å²) in [6, 6.07) is 0. The van der Waals surface area contributed by atoms with Gasteiger partial charge in [-0.15, -0.1) is 0 Å². The molecule has 0 radical (unpaired) electrons. The monoisotopic (exact) mass is 242 g/mol. The van der Waals surface area contributed by atoms with Gasteiger partial charge in [0.2, 0.25) is 5.95 Å². The van der Waals surface area contributed by atoms with Gasteiger partial charge in [0.15, 0.2) is 5.82 Å². The molecular formula is C10H15ClN4O. The van der Waals surface area contributed by atoms with E-state index >= 15 is 0 Å². The molecule has 6 heteroatoms. The highest BCUT2D eigenvalue weighted by Gasteiger charge is 2.29. The maximum absolute atomic E-state index is 5.94. The van der Waals surface area contributed by atoms with Gasteiger partial charge >= 0.3 is 0 Å². The molecule has 1 saturated heterocycles. The zero-order valence-electron chi connectivity index (χ0n) is 9.16. The van der Waals surface area contributed by atoms with Crippen molar-refractivity contribution in [1.29, 1.82) is 0 Å². The van der Waals surface area contributed by atoms with Crippen molar-refractivity contribution in [3.8, 4) is 0 Å². The summed E-state index contributed by atoms with van der Waals surface area (Å²) in [7, 11) is 0. The van der Waals surface area contributed by atoms with Crippen LogP contribution in [-0.4, -0.2) is 28.7 Å². The molecule has 88 valence electrons. The van der Waals surface area contributed by atoms with E-state index in [9.17, 15) is 0 Å². The minimum absolute atomic E-state index is 0.136. The molecule has 2 rings (SSSR count). The third kappa shape index (κ3) is 2.54. The van der Waals surface area contributed by atoms with Crippen LogP contribution in [0.3, 0.4) is 0 Å². The lowest BCUT2D eigenvalue weighted by Crippen LogP contribution is -2.32. The van der Waals surface area contributed by atoms with Crippen LogP contribution in [0.2, 0.25) is 5.02 Å². The van der Waals surface area contributed by atoms with Crippen molar-refractivity contribution in [2.75, 3.05) is 24.2 Å². The van der Waals surface area contributed by atoms with E-state index in [4.69, 9.17) is 22.1 Å². The molecule has 1 aromatic rings. The molecular weight excluding hydrogens is 228 g/mol. The van der Waals surface area contributed by atoms with Crippen molar-refractivity contribution in [3.05, 3.63) is 11.2 Å². The third-order valence-corrected chi connectivity index (χ3v) is 2.97. The topological polar surface area (TPSA) is 73.1 Å². The van der Waals surface area contributed by atoms with E-state index in [0.717, 1.165) is 19.4 Å². The molecule has 1 atom stereocenters. The summed E-state index contributed by atoms with van der Waals surface area (Å²) in [5.74, 6) is 0.773. The second-order valence-electron chi connectivity index (χ2n) is 4.18. The molecule has 0 spiro atoms. The van der Waals surface area contributed by atoms with Crippen molar-refractivity contribution in [1.82, 2.24) is 9.97 Å². The summed E-state index contributed by atoms with van der Waals surface area (Å²) in [5, 5.41) is 3.62. The maximum atomic E-state index is 5.94. The van der Waals surface area contributed by atoms with Gasteiger partial charge in [-0.2, -0.15) is 4.98 Å². The van der Waals surface area contributed by atoms with E-state index in [2.05, 4.69) is 22.2 Å². The number of halogens is 1. The number of ether oxygens (including phenoxy) is 1. The predicted octanol–water partition coefficient (Wildman–Crippen LogP) is 1.69. The van der Waals surface area contributed by atoms with Gasteiger partial charge < -0.3 is 15.8 Å². The van der Waals surface area contributed by atoms with Crippen LogP contribution in [0.25, 0.3) is 0 Å². The molecule has 1 unspecified atom stereocenters. The molecule has 0 bridgehead atoms. The second-order valence-corrected chi connectivity index (χ2v) is 4.59. The van der Waals surface area contributed by atoms with Gasteiger partial charge in [0, 0.05) is 13.2 Å². The normalized spacial score (nSPS) is 24.6. The molecule has 2 heterocycles. The van der Waals surface area contributed by atoms with Crippen molar-refractivity contribution in [2.24, 2.45) is 0 Å². The van der Waals surface area contributed by atoms with Crippen LogP contribution in [0.4, 0.5) is 11.8 Å². The minimum atomic E-state index is -0.136. The highest BCUT2D eigenvalue weighted by Crippen LogP contribution is 2.26. The largest absolute Gasteiger partial charge is 0.373 e. The average molecular weight is 243 g/mol. The van der Waals surface area contributed by atoms with E-state index in [0.29, 0.717) is 17.4 Å². The molecule has 0 saturated carbocycles. The number of nitrogens with zero attached hydrogens (tertiary/aromatic N) is 2. The molecule has 0 amide bonds. The summed E-state index contributed by atoms with van der Waals surface area (Å²) >= 11 is 5.94. The summed E-state index contributed by atoms with van der Waals surface area (Å²) in [5.41, 5.74) is 5.36. The molecule has 1 aromatic heterocycles. The summed E-state index contributed by atoms with van der Waals surface area (Å²) in [4.78, 5) is 7.83. The third-order valence-electron chi connectivity index (χ3n) is 2.69. The Bertz CT molecular complexity index is 379. The molecule has 0 aliphatic carbocycles. The van der Waals surface area contributed by atoms with Gasteiger partial charge in [0.25, 0.3) is 0 Å². The molecule has 3 N–H and O–H groups in total. The first-order valence-electron chi connectivity index (χ1n) is 5.25. The highest BCUT2D eigenvalue weighted by atomic mass is 35.5. The van der Waals surface area contributed by atoms with E-state index in [-0.39, 0.29) is 11.5 Å². The molecule has 5 nitrogen and oxygen atoms in total. The highest BCUT2D eigenvalue weighted by molar-refractivity contribution is 6.32. The Labute approximate surface area is 99.4 Å². The smallest absolute Gasteiger partial charge is 0.222 e. The SMILES string of the molecule is CC1(CNc2nc(N)ncc2Cl)CCCO1. The summed E-state index contributed by atoms with van der Waals surface area (Å²) in [6.45, 7) is 3.56. The first kappa shape index (κ1) is 11.4. The van der Waals surface area contributed by atoms with Gasteiger partial charge in [0.05, 0.1) is 11.8 Å². The summed E-state index contributed by atoms with van der Waals surface area (Å²) in [6.07, 6.45) is 3.63. The van der Waals surface area contributed by atoms with E-state index < -0.39 is 0 Å². The molecule has 1 aliphatic heterocycles. The summed E-state index contributed by atoms with van der Waals surface area (Å²) < 4.78 is 5.65. The average Bonchev–Trinajstić information content (AvgIpc) is 2.67. The quantitative estimate of drug-likeness (QED) is 0.844. The number of nitrogens with two attached hydrogens (primary N) is 1. The van der Waals surface area contributed by atoms with Crippen molar-refractivity contribution in [3.63, 3.8) is 0 Å². The lowest BCUT2D eigenvalue weighted by atomic mass is 10.0. The van der Waals surface area contributed by atoms with E-state index in [1.807, 2.05) is 0 Å². The minimum Gasteiger partial charge on any atom is -0.373 e. The van der Waals surface area contributed by atoms with Gasteiger partial charge in [-0.25, -0.2) is 4.98 Å². The fourth-order valence-corrected chi connectivity index (χ4v) is 1.91.